The molecule has 6 rings (SSSR count). The van der Waals surface area contributed by atoms with Gasteiger partial charge in [0.25, 0.3) is 0 Å². The minimum Gasteiger partial charge on any atom is -0.504 e. The van der Waals surface area contributed by atoms with Gasteiger partial charge in [-0.05, 0) is 62.9 Å². The quantitative estimate of drug-likeness (QED) is 0.551. The average Bonchev–Trinajstić information content (AvgIpc) is 3.16. The summed E-state index contributed by atoms with van der Waals surface area (Å²) in [5.41, 5.74) is 1.38. The van der Waals surface area contributed by atoms with E-state index in [2.05, 4.69) is 17.3 Å². The zero-order valence-electron chi connectivity index (χ0n) is 18.7. The predicted molar refractivity (Wildman–Crippen MR) is 122 cm³/mol. The van der Waals surface area contributed by atoms with Gasteiger partial charge in [-0.1, -0.05) is 36.4 Å². The molecule has 0 amide bonds. The van der Waals surface area contributed by atoms with Crippen molar-refractivity contribution in [3.05, 3.63) is 59.2 Å². The summed E-state index contributed by atoms with van der Waals surface area (Å²) in [6.07, 6.45) is 2.52. The number of carboxylic acids is 1. The molecule has 33 heavy (non-hydrogen) atoms. The van der Waals surface area contributed by atoms with Gasteiger partial charge in [-0.3, -0.25) is 10.1 Å². The smallest absolute Gasteiger partial charge is 0.321 e. The van der Waals surface area contributed by atoms with Gasteiger partial charge in [0, 0.05) is 17.6 Å². The van der Waals surface area contributed by atoms with Crippen LogP contribution in [-0.4, -0.2) is 69.6 Å². The van der Waals surface area contributed by atoms with E-state index >= 15 is 0 Å². The first kappa shape index (κ1) is 21.0. The van der Waals surface area contributed by atoms with E-state index in [0.29, 0.717) is 31.4 Å². The predicted octanol–water partition coefficient (Wildman–Crippen LogP) is 1.83. The Morgan fingerprint density at radius 1 is 1.24 bits per heavy atom. The Hall–Kier alpha value is -2.61. The molecule has 2 unspecified atom stereocenters. The number of ether oxygens (including phenoxy) is 1. The number of hydrogen-bond donors (Lipinski definition) is 4. The van der Waals surface area contributed by atoms with Crippen LogP contribution < -0.4 is 10.1 Å². The number of aliphatic hydroxyl groups is 1. The number of carbonyl (C=O) groups is 1. The largest absolute Gasteiger partial charge is 0.504 e. The maximum absolute atomic E-state index is 12.2. The molecule has 7 heteroatoms. The molecule has 2 aliphatic heterocycles. The van der Waals surface area contributed by atoms with Crippen molar-refractivity contribution >= 4 is 5.97 Å². The van der Waals surface area contributed by atoms with Crippen molar-refractivity contribution in [3.63, 3.8) is 0 Å². The number of likely N-dealkylation sites (N-methyl/N-ethyl adjacent to an activating group) is 1. The fourth-order valence-electron chi connectivity index (χ4n) is 7.25. The molecular formula is C26H30N2O5. The Kier molecular flexibility index (Phi) is 4.57. The van der Waals surface area contributed by atoms with Crippen LogP contribution >= 0.6 is 0 Å². The second kappa shape index (κ2) is 7.19. The van der Waals surface area contributed by atoms with Crippen LogP contribution in [0, 0.1) is 0 Å². The standard InChI is InChI=1S/C26H30N2O5/c1-28-12-11-25-21-16-7-8-19(29)22(21)33-23(25)17(9-10-26(25,32)20(28)14-16)27-18(24(30)31)13-15-5-3-2-4-6-15/h2-8,17-18,20,23,27,29,32H,9-14H2,1H3,(H,30,31)/t17-,18-,20?,23-,25?,26+/m0/s1. The van der Waals surface area contributed by atoms with E-state index in [4.69, 9.17) is 4.74 Å². The number of nitrogens with one attached hydrogen (secondary N) is 1. The third kappa shape index (κ3) is 2.76. The maximum Gasteiger partial charge on any atom is 0.321 e. The molecule has 4 N–H and O–H groups in total. The number of phenolic OH excluding ortho intramolecular Hbond substituents is 1. The number of phenols is 1. The lowest BCUT2D eigenvalue weighted by molar-refractivity contribution is -0.187. The van der Waals surface area contributed by atoms with E-state index in [-0.39, 0.29) is 17.8 Å². The highest BCUT2D eigenvalue weighted by atomic mass is 16.5. The van der Waals surface area contributed by atoms with Crippen LogP contribution in [0.15, 0.2) is 42.5 Å². The molecule has 4 aliphatic rings. The lowest BCUT2D eigenvalue weighted by atomic mass is 9.48. The minimum atomic E-state index is -0.979. The van der Waals surface area contributed by atoms with Crippen LogP contribution in [0.3, 0.4) is 0 Å². The van der Waals surface area contributed by atoms with E-state index in [0.717, 1.165) is 29.7 Å². The number of hydrogen-bond acceptors (Lipinski definition) is 6. The molecule has 2 aromatic carbocycles. The molecule has 0 radical (unpaired) electrons. The average molecular weight is 451 g/mol. The molecule has 2 bridgehead atoms. The van der Waals surface area contributed by atoms with E-state index in [9.17, 15) is 20.1 Å². The summed E-state index contributed by atoms with van der Waals surface area (Å²) in [7, 11) is 2.07. The molecule has 1 spiro atoms. The fourth-order valence-corrected chi connectivity index (χ4v) is 7.25. The van der Waals surface area contributed by atoms with Crippen molar-refractivity contribution in [2.45, 2.75) is 67.3 Å². The summed E-state index contributed by atoms with van der Waals surface area (Å²) >= 11 is 0. The van der Waals surface area contributed by atoms with Crippen molar-refractivity contribution in [2.75, 3.05) is 13.6 Å². The van der Waals surface area contributed by atoms with Gasteiger partial charge in [0.1, 0.15) is 12.1 Å². The number of likely N-dealkylation sites (tertiary alicyclic amines) is 1. The van der Waals surface area contributed by atoms with Gasteiger partial charge in [0.15, 0.2) is 11.5 Å². The van der Waals surface area contributed by atoms with Crippen LogP contribution in [0.5, 0.6) is 11.5 Å². The van der Waals surface area contributed by atoms with Crippen LogP contribution in [0.2, 0.25) is 0 Å². The first-order chi connectivity index (χ1) is 15.8. The van der Waals surface area contributed by atoms with Crippen LogP contribution in [0.4, 0.5) is 0 Å². The summed E-state index contributed by atoms with van der Waals surface area (Å²) in [5.74, 6) is -0.334. The zero-order valence-corrected chi connectivity index (χ0v) is 18.7. The van der Waals surface area contributed by atoms with E-state index in [1.165, 1.54) is 0 Å². The van der Waals surface area contributed by atoms with Gasteiger partial charge in [0.05, 0.1) is 11.0 Å². The Labute approximate surface area is 193 Å². The molecule has 174 valence electrons. The molecular weight excluding hydrogens is 420 g/mol. The molecule has 2 fully saturated rings. The number of carboxylic acid groups (broad SMARTS) is 1. The van der Waals surface area contributed by atoms with E-state index < -0.39 is 29.1 Å². The van der Waals surface area contributed by atoms with Gasteiger partial charge in [0.2, 0.25) is 0 Å². The second-order valence-electron chi connectivity index (χ2n) is 10.2. The summed E-state index contributed by atoms with van der Waals surface area (Å²) in [6.45, 7) is 0.820. The molecule has 6 atom stereocenters. The van der Waals surface area contributed by atoms with E-state index in [1.807, 2.05) is 36.4 Å². The first-order valence-corrected chi connectivity index (χ1v) is 11.8. The highest BCUT2D eigenvalue weighted by Crippen LogP contribution is 2.65. The van der Waals surface area contributed by atoms with Gasteiger partial charge >= 0.3 is 5.97 Å². The lowest BCUT2D eigenvalue weighted by Crippen LogP contribution is -2.78. The fraction of sp³-hybridized carbons (Fsp3) is 0.500. The van der Waals surface area contributed by atoms with Crippen LogP contribution in [0.25, 0.3) is 0 Å². The third-order valence-electron chi connectivity index (χ3n) is 8.73. The van der Waals surface area contributed by atoms with Crippen molar-refractivity contribution < 1.29 is 24.9 Å². The summed E-state index contributed by atoms with van der Waals surface area (Å²) in [6, 6.07) is 12.2. The number of piperidine rings is 1. The number of aromatic hydroxyl groups is 1. The maximum atomic E-state index is 12.2. The Balaban J connectivity index is 1.40. The van der Waals surface area contributed by atoms with E-state index in [1.54, 1.807) is 6.07 Å². The normalized spacial score (nSPS) is 34.9. The highest BCUT2D eigenvalue weighted by molar-refractivity contribution is 5.74. The molecule has 2 aromatic rings. The number of rotatable bonds is 5. The van der Waals surface area contributed by atoms with Crippen molar-refractivity contribution in [2.24, 2.45) is 0 Å². The Morgan fingerprint density at radius 2 is 2.03 bits per heavy atom. The second-order valence-corrected chi connectivity index (χ2v) is 10.2. The highest BCUT2D eigenvalue weighted by Gasteiger charge is 2.72. The zero-order chi connectivity index (χ0) is 23.0. The van der Waals surface area contributed by atoms with Crippen molar-refractivity contribution in [1.82, 2.24) is 10.2 Å². The number of benzene rings is 2. The molecule has 2 heterocycles. The van der Waals surface area contributed by atoms with Crippen LogP contribution in [-0.2, 0) is 23.1 Å². The topological polar surface area (TPSA) is 102 Å². The first-order valence-electron chi connectivity index (χ1n) is 11.8. The lowest BCUT2D eigenvalue weighted by Gasteiger charge is -2.63. The minimum absolute atomic E-state index is 0.0270. The monoisotopic (exact) mass is 450 g/mol. The van der Waals surface area contributed by atoms with Gasteiger partial charge in [-0.2, -0.15) is 0 Å². The van der Waals surface area contributed by atoms with Crippen LogP contribution in [0.1, 0.15) is 36.0 Å². The third-order valence-corrected chi connectivity index (χ3v) is 8.73. The number of aliphatic carboxylic acids is 1. The Morgan fingerprint density at radius 3 is 2.79 bits per heavy atom. The summed E-state index contributed by atoms with van der Waals surface area (Å²) in [5, 5.41) is 36.3. The molecule has 0 aromatic heterocycles. The van der Waals surface area contributed by atoms with Gasteiger partial charge in [-0.25, -0.2) is 0 Å². The number of nitrogens with zero attached hydrogens (tertiary/aromatic N) is 1. The van der Waals surface area contributed by atoms with Gasteiger partial charge in [-0.15, -0.1) is 0 Å². The Bertz CT molecular complexity index is 1110. The molecule has 1 saturated carbocycles. The van der Waals surface area contributed by atoms with Crippen molar-refractivity contribution in [1.29, 1.82) is 0 Å². The summed E-state index contributed by atoms with van der Waals surface area (Å²) < 4.78 is 6.47. The SMILES string of the molecule is CN1CCC23c4c5ccc(O)c4O[C@H]2[C@@H](N[C@@H](Cc2ccccc2)C(=O)O)CC[C@@]3(O)C1C5. The molecule has 2 aliphatic carbocycles. The molecule has 1 saturated heterocycles. The van der Waals surface area contributed by atoms with Gasteiger partial charge < -0.3 is 25.0 Å². The summed E-state index contributed by atoms with van der Waals surface area (Å²) in [4.78, 5) is 14.4. The van der Waals surface area contributed by atoms with Crippen molar-refractivity contribution in [3.8, 4) is 11.5 Å². The molecule has 7 nitrogen and oxygen atoms in total.